The minimum atomic E-state index is -0.00277. The van der Waals surface area contributed by atoms with Crippen molar-refractivity contribution in [1.29, 1.82) is 0 Å². The monoisotopic (exact) mass is 439 g/mol. The maximum Gasteiger partial charge on any atom is 0.224 e. The lowest BCUT2D eigenvalue weighted by Gasteiger charge is -2.15. The largest absolute Gasteiger partial charge is 0.349 e. The molecule has 2 aliphatic rings. The Hall–Kier alpha value is -2.30. The van der Waals surface area contributed by atoms with Crippen LogP contribution < -0.4 is 5.32 Å². The fourth-order valence-electron chi connectivity index (χ4n) is 4.64. The predicted octanol–water partition coefficient (Wildman–Crippen LogP) is 5.46. The molecule has 1 aliphatic heterocycles. The molecule has 0 radical (unpaired) electrons. The first kappa shape index (κ1) is 19.7. The summed E-state index contributed by atoms with van der Waals surface area (Å²) in [6.45, 7) is 2.95. The molecule has 6 heteroatoms. The van der Waals surface area contributed by atoms with E-state index in [-0.39, 0.29) is 18.4 Å². The summed E-state index contributed by atoms with van der Waals surface area (Å²) in [6.07, 6.45) is 6.57. The van der Waals surface area contributed by atoms with Crippen LogP contribution in [-0.2, 0) is 30.6 Å². The van der Waals surface area contributed by atoms with Crippen molar-refractivity contribution in [2.24, 2.45) is 0 Å². The van der Waals surface area contributed by atoms with Crippen LogP contribution in [0.5, 0.6) is 0 Å². The minimum absolute atomic E-state index is 0.00277. The minimum Gasteiger partial charge on any atom is -0.349 e. The van der Waals surface area contributed by atoms with Gasteiger partial charge in [-0.1, -0.05) is 41.4 Å². The van der Waals surface area contributed by atoms with Gasteiger partial charge in [-0.2, -0.15) is 0 Å². The summed E-state index contributed by atoms with van der Waals surface area (Å²) in [5, 5.41) is 4.25. The number of halogens is 2. The van der Waals surface area contributed by atoms with Crippen LogP contribution in [0.2, 0.25) is 10.0 Å². The van der Waals surface area contributed by atoms with Crippen molar-refractivity contribution in [2.75, 3.05) is 0 Å². The lowest BCUT2D eigenvalue weighted by molar-refractivity contribution is -0.121. The molecule has 0 spiro atoms. The molecular formula is C24H23Cl2N3O. The van der Waals surface area contributed by atoms with Crippen molar-refractivity contribution < 1.29 is 4.79 Å². The third kappa shape index (κ3) is 3.63. The third-order valence-corrected chi connectivity index (χ3v) is 7.04. The number of aryl methyl sites for hydroxylation is 4. The maximum atomic E-state index is 12.7. The Morgan fingerprint density at radius 1 is 1.23 bits per heavy atom. The Morgan fingerprint density at radius 3 is 2.90 bits per heavy atom. The van der Waals surface area contributed by atoms with E-state index in [1.807, 2.05) is 13.0 Å². The second kappa shape index (κ2) is 7.75. The summed E-state index contributed by atoms with van der Waals surface area (Å²) in [5.74, 6) is 1.17. The van der Waals surface area contributed by atoms with E-state index in [9.17, 15) is 4.79 Å². The number of fused-ring (bicyclic) bond motifs is 2. The third-order valence-electron chi connectivity index (χ3n) is 6.15. The highest BCUT2D eigenvalue weighted by molar-refractivity contribution is 6.42. The van der Waals surface area contributed by atoms with Gasteiger partial charge < -0.3 is 9.88 Å². The van der Waals surface area contributed by atoms with E-state index < -0.39 is 0 Å². The van der Waals surface area contributed by atoms with E-state index in [0.717, 1.165) is 48.2 Å². The molecular weight excluding hydrogens is 417 g/mol. The molecule has 3 aromatic rings. The van der Waals surface area contributed by atoms with E-state index in [1.165, 1.54) is 23.4 Å². The van der Waals surface area contributed by atoms with Gasteiger partial charge in [0.15, 0.2) is 0 Å². The van der Waals surface area contributed by atoms with Gasteiger partial charge >= 0.3 is 0 Å². The highest BCUT2D eigenvalue weighted by Crippen LogP contribution is 2.35. The summed E-state index contributed by atoms with van der Waals surface area (Å²) in [7, 11) is 0. The van der Waals surface area contributed by atoms with Crippen molar-refractivity contribution in [1.82, 2.24) is 14.9 Å². The van der Waals surface area contributed by atoms with Gasteiger partial charge in [0.25, 0.3) is 0 Å². The number of rotatable bonds is 4. The molecule has 2 heterocycles. The van der Waals surface area contributed by atoms with Crippen LogP contribution in [0.4, 0.5) is 0 Å². The molecule has 0 unspecified atom stereocenters. The van der Waals surface area contributed by atoms with Gasteiger partial charge in [0.2, 0.25) is 5.91 Å². The Morgan fingerprint density at radius 2 is 2.10 bits per heavy atom. The van der Waals surface area contributed by atoms with Crippen molar-refractivity contribution in [3.8, 4) is 11.3 Å². The Bertz CT molecular complexity index is 1110. The molecule has 1 atom stereocenters. The van der Waals surface area contributed by atoms with E-state index in [2.05, 4.69) is 34.3 Å². The van der Waals surface area contributed by atoms with Gasteiger partial charge in [-0.15, -0.1) is 0 Å². The quantitative estimate of drug-likeness (QED) is 0.586. The molecule has 1 N–H and O–H groups in total. The zero-order valence-corrected chi connectivity index (χ0v) is 18.4. The van der Waals surface area contributed by atoms with E-state index >= 15 is 0 Å². The van der Waals surface area contributed by atoms with Crippen molar-refractivity contribution >= 4 is 29.1 Å². The molecule has 1 aromatic heterocycles. The van der Waals surface area contributed by atoms with E-state index in [0.29, 0.717) is 10.0 Å². The molecule has 1 amide bonds. The van der Waals surface area contributed by atoms with E-state index in [1.54, 1.807) is 6.07 Å². The number of hydrogen-bond donors (Lipinski definition) is 1. The zero-order valence-electron chi connectivity index (χ0n) is 16.8. The second-order valence-electron chi connectivity index (χ2n) is 8.30. The molecule has 0 bridgehead atoms. The van der Waals surface area contributed by atoms with Crippen LogP contribution in [0, 0.1) is 6.92 Å². The molecule has 30 heavy (non-hydrogen) atoms. The fourth-order valence-corrected chi connectivity index (χ4v) is 5.03. The van der Waals surface area contributed by atoms with Crippen LogP contribution in [0.3, 0.4) is 0 Å². The first-order valence-corrected chi connectivity index (χ1v) is 11.2. The first-order valence-electron chi connectivity index (χ1n) is 10.4. The lowest BCUT2D eigenvalue weighted by Crippen LogP contribution is -2.28. The summed E-state index contributed by atoms with van der Waals surface area (Å²) in [5.41, 5.74) is 6.42. The van der Waals surface area contributed by atoms with Crippen molar-refractivity contribution in [3.05, 3.63) is 74.7 Å². The number of nitrogens with zero attached hydrogens (tertiary/aromatic N) is 2. The Kier molecular flexibility index (Phi) is 5.08. The fraction of sp³-hybridized carbons (Fsp3) is 0.333. The normalized spacial score (nSPS) is 17.1. The van der Waals surface area contributed by atoms with Crippen LogP contribution in [0.15, 0.2) is 36.5 Å². The molecule has 0 saturated carbocycles. The van der Waals surface area contributed by atoms with Crippen molar-refractivity contribution in [2.45, 2.75) is 51.6 Å². The highest BCUT2D eigenvalue weighted by Gasteiger charge is 2.25. The number of carbonyl (C=O) groups is 1. The maximum absolute atomic E-state index is 12.7. The molecule has 4 nitrogen and oxygen atoms in total. The molecule has 0 saturated heterocycles. The molecule has 0 fully saturated rings. The Labute approximate surface area is 186 Å². The van der Waals surface area contributed by atoms with Gasteiger partial charge in [0, 0.05) is 24.7 Å². The predicted molar refractivity (Wildman–Crippen MR) is 120 cm³/mol. The zero-order chi connectivity index (χ0) is 20.8. The molecule has 1 aliphatic carbocycles. The van der Waals surface area contributed by atoms with Gasteiger partial charge in [-0.05, 0) is 60.6 Å². The average molecular weight is 440 g/mol. The number of aromatic nitrogens is 2. The van der Waals surface area contributed by atoms with Gasteiger partial charge in [-0.25, -0.2) is 4.98 Å². The molecule has 5 rings (SSSR count). The number of nitrogens with one attached hydrogen (secondary N) is 1. The lowest BCUT2D eigenvalue weighted by atomic mass is 10.0. The van der Waals surface area contributed by atoms with Crippen LogP contribution in [-0.4, -0.2) is 15.5 Å². The highest BCUT2D eigenvalue weighted by atomic mass is 35.5. The van der Waals surface area contributed by atoms with Crippen molar-refractivity contribution in [3.63, 3.8) is 0 Å². The van der Waals surface area contributed by atoms with Gasteiger partial charge in [0.05, 0.1) is 28.2 Å². The second-order valence-corrected chi connectivity index (χ2v) is 9.08. The smallest absolute Gasteiger partial charge is 0.224 e. The first-order chi connectivity index (χ1) is 14.5. The topological polar surface area (TPSA) is 46.9 Å². The standard InChI is InChI=1S/C24H23Cl2N3O/c1-14-9-15(10-19(25)24(14)26)11-23(30)28-20-7-6-16-4-5-17(12-18(16)20)21-13-29-8-2-3-22(29)27-21/h4-5,9-10,12-13,20H,2-3,6-8,11H2,1H3,(H,28,30)/t20-/m1/s1. The van der Waals surface area contributed by atoms with Crippen LogP contribution >= 0.6 is 23.2 Å². The summed E-state index contributed by atoms with van der Waals surface area (Å²) < 4.78 is 2.25. The summed E-state index contributed by atoms with van der Waals surface area (Å²) in [4.78, 5) is 17.5. The van der Waals surface area contributed by atoms with Gasteiger partial charge in [0.1, 0.15) is 5.82 Å². The Balaban J connectivity index is 1.33. The number of imidazole rings is 1. The number of amides is 1. The molecule has 154 valence electrons. The molecule has 2 aromatic carbocycles. The summed E-state index contributed by atoms with van der Waals surface area (Å²) >= 11 is 12.3. The van der Waals surface area contributed by atoms with Gasteiger partial charge in [-0.3, -0.25) is 4.79 Å². The average Bonchev–Trinajstić information content (AvgIpc) is 3.41. The van der Waals surface area contributed by atoms with E-state index in [4.69, 9.17) is 28.2 Å². The number of hydrogen-bond acceptors (Lipinski definition) is 2. The van der Waals surface area contributed by atoms with Crippen LogP contribution in [0.25, 0.3) is 11.3 Å². The number of carbonyl (C=O) groups excluding carboxylic acids is 1. The number of benzene rings is 2. The SMILES string of the molecule is Cc1cc(CC(=O)N[C@@H]2CCc3ccc(-c4cn5c(n4)CCC5)cc32)cc(Cl)c1Cl. The van der Waals surface area contributed by atoms with Crippen LogP contribution in [0.1, 0.15) is 47.0 Å². The summed E-state index contributed by atoms with van der Waals surface area (Å²) in [6, 6.07) is 10.3.